The number of aromatic nitrogens is 1. The molecule has 136 valence electrons. The van der Waals surface area contributed by atoms with E-state index >= 15 is 0 Å². The van der Waals surface area contributed by atoms with E-state index in [0.717, 1.165) is 19.3 Å². The third-order valence-corrected chi connectivity index (χ3v) is 4.53. The Hall–Kier alpha value is -2.96. The van der Waals surface area contributed by atoms with Crippen molar-refractivity contribution in [2.24, 2.45) is 5.92 Å². The van der Waals surface area contributed by atoms with E-state index in [2.05, 4.69) is 17.2 Å². The third kappa shape index (κ3) is 4.36. The van der Waals surface area contributed by atoms with Crippen LogP contribution in [0.2, 0.25) is 0 Å². The third-order valence-electron chi connectivity index (χ3n) is 4.53. The van der Waals surface area contributed by atoms with E-state index in [4.69, 9.17) is 4.74 Å². The SMILES string of the molecule is CC1CCCC(NC(=O)c2cccnc2Oc2cccc([N+](=O)[O-])c2)C1. The lowest BCUT2D eigenvalue weighted by Crippen LogP contribution is -2.38. The normalized spacial score (nSPS) is 19.6. The van der Waals surface area contributed by atoms with Crippen molar-refractivity contribution in [2.75, 3.05) is 0 Å². The molecule has 2 unspecified atom stereocenters. The van der Waals surface area contributed by atoms with Gasteiger partial charge in [-0.25, -0.2) is 4.98 Å². The summed E-state index contributed by atoms with van der Waals surface area (Å²) in [5, 5.41) is 14.0. The number of non-ortho nitro benzene ring substituents is 1. The van der Waals surface area contributed by atoms with Gasteiger partial charge in [-0.3, -0.25) is 14.9 Å². The van der Waals surface area contributed by atoms with Gasteiger partial charge in [0, 0.05) is 18.3 Å². The number of nitrogens with one attached hydrogen (secondary N) is 1. The summed E-state index contributed by atoms with van der Waals surface area (Å²) in [7, 11) is 0. The van der Waals surface area contributed by atoms with Crippen LogP contribution in [0.1, 0.15) is 43.0 Å². The molecule has 0 radical (unpaired) electrons. The Balaban J connectivity index is 1.76. The number of hydrogen-bond donors (Lipinski definition) is 1. The Bertz CT molecular complexity index is 809. The molecule has 1 aliphatic rings. The van der Waals surface area contributed by atoms with Crippen LogP contribution in [0, 0.1) is 16.0 Å². The number of ether oxygens (including phenoxy) is 1. The molecule has 1 aromatic carbocycles. The zero-order chi connectivity index (χ0) is 18.5. The Morgan fingerprint density at radius 3 is 2.92 bits per heavy atom. The molecular weight excluding hydrogens is 334 g/mol. The van der Waals surface area contributed by atoms with E-state index in [-0.39, 0.29) is 29.3 Å². The number of hydrogen-bond acceptors (Lipinski definition) is 5. The van der Waals surface area contributed by atoms with E-state index in [1.807, 2.05) is 0 Å². The van der Waals surface area contributed by atoms with E-state index in [1.54, 1.807) is 18.2 Å². The van der Waals surface area contributed by atoms with Crippen LogP contribution in [0.15, 0.2) is 42.6 Å². The minimum atomic E-state index is -0.497. The highest BCUT2D eigenvalue weighted by Gasteiger charge is 2.23. The first-order valence-corrected chi connectivity index (χ1v) is 8.71. The van der Waals surface area contributed by atoms with Crippen LogP contribution in [0.3, 0.4) is 0 Å². The summed E-state index contributed by atoms with van der Waals surface area (Å²) in [5.41, 5.74) is 0.234. The highest BCUT2D eigenvalue weighted by molar-refractivity contribution is 5.96. The van der Waals surface area contributed by atoms with Gasteiger partial charge in [0.05, 0.1) is 11.0 Å². The van der Waals surface area contributed by atoms with Crippen LogP contribution >= 0.6 is 0 Å². The molecule has 7 heteroatoms. The summed E-state index contributed by atoms with van der Waals surface area (Å²) < 4.78 is 5.66. The smallest absolute Gasteiger partial charge is 0.273 e. The van der Waals surface area contributed by atoms with Gasteiger partial charge >= 0.3 is 0 Å². The molecule has 1 saturated carbocycles. The van der Waals surface area contributed by atoms with Crippen molar-refractivity contribution in [2.45, 2.75) is 38.6 Å². The molecule has 1 fully saturated rings. The standard InChI is InChI=1S/C19H21N3O4/c1-13-5-2-6-14(11-13)21-18(23)17-9-4-10-20-19(17)26-16-8-3-7-15(12-16)22(24)25/h3-4,7-10,12-14H,2,5-6,11H2,1H3,(H,21,23). The topological polar surface area (TPSA) is 94.4 Å². The van der Waals surface area contributed by atoms with Crippen molar-refractivity contribution >= 4 is 11.6 Å². The number of carbonyl (C=O) groups excluding carboxylic acids is 1. The summed E-state index contributed by atoms with van der Waals surface area (Å²) in [4.78, 5) is 27.2. The van der Waals surface area contributed by atoms with Crippen LogP contribution in [0.4, 0.5) is 5.69 Å². The number of carbonyl (C=O) groups is 1. The summed E-state index contributed by atoms with van der Waals surface area (Å²) in [6.45, 7) is 2.19. The number of rotatable bonds is 5. The second kappa shape index (κ2) is 7.95. The molecule has 0 bridgehead atoms. The number of pyridine rings is 1. The maximum Gasteiger partial charge on any atom is 0.273 e. The minimum absolute atomic E-state index is 0.0828. The maximum absolute atomic E-state index is 12.7. The fraction of sp³-hybridized carbons (Fsp3) is 0.368. The van der Waals surface area contributed by atoms with Crippen molar-refractivity contribution < 1.29 is 14.5 Å². The van der Waals surface area contributed by atoms with Crippen molar-refractivity contribution in [3.8, 4) is 11.6 Å². The molecule has 1 amide bonds. The second-order valence-corrected chi connectivity index (χ2v) is 6.65. The molecule has 1 N–H and O–H groups in total. The van der Waals surface area contributed by atoms with E-state index in [1.165, 1.54) is 30.8 Å². The van der Waals surface area contributed by atoms with Crippen LogP contribution < -0.4 is 10.1 Å². The van der Waals surface area contributed by atoms with Crippen molar-refractivity contribution in [1.29, 1.82) is 0 Å². The molecule has 1 aliphatic carbocycles. The molecule has 0 saturated heterocycles. The zero-order valence-corrected chi connectivity index (χ0v) is 14.6. The molecular formula is C19H21N3O4. The lowest BCUT2D eigenvalue weighted by atomic mass is 9.87. The lowest BCUT2D eigenvalue weighted by molar-refractivity contribution is -0.384. The maximum atomic E-state index is 12.7. The van der Waals surface area contributed by atoms with Crippen molar-refractivity contribution in [1.82, 2.24) is 10.3 Å². The molecule has 0 spiro atoms. The summed E-state index contributed by atoms with van der Waals surface area (Å²) in [6, 6.07) is 9.26. The van der Waals surface area contributed by atoms with Gasteiger partial charge in [0.25, 0.3) is 11.6 Å². The molecule has 0 aliphatic heterocycles. The highest BCUT2D eigenvalue weighted by Crippen LogP contribution is 2.27. The Morgan fingerprint density at radius 1 is 1.31 bits per heavy atom. The second-order valence-electron chi connectivity index (χ2n) is 6.65. The van der Waals surface area contributed by atoms with Crippen LogP contribution in [-0.4, -0.2) is 21.9 Å². The van der Waals surface area contributed by atoms with Crippen molar-refractivity contribution in [3.05, 3.63) is 58.3 Å². The van der Waals surface area contributed by atoms with E-state index in [9.17, 15) is 14.9 Å². The Morgan fingerprint density at radius 2 is 2.15 bits per heavy atom. The Labute approximate surface area is 151 Å². The number of nitrogens with zero attached hydrogens (tertiary/aromatic N) is 2. The average molecular weight is 355 g/mol. The molecule has 7 nitrogen and oxygen atoms in total. The molecule has 26 heavy (non-hydrogen) atoms. The lowest BCUT2D eigenvalue weighted by Gasteiger charge is -2.27. The molecule has 2 aromatic rings. The monoisotopic (exact) mass is 355 g/mol. The van der Waals surface area contributed by atoms with Gasteiger partial charge in [-0.05, 0) is 37.0 Å². The highest BCUT2D eigenvalue weighted by atomic mass is 16.6. The largest absolute Gasteiger partial charge is 0.438 e. The van der Waals surface area contributed by atoms with Gasteiger partial charge in [0.2, 0.25) is 5.88 Å². The molecule has 2 atom stereocenters. The van der Waals surface area contributed by atoms with Gasteiger partial charge < -0.3 is 10.1 Å². The Kier molecular flexibility index (Phi) is 5.46. The van der Waals surface area contributed by atoms with E-state index in [0.29, 0.717) is 11.5 Å². The summed E-state index contributed by atoms with van der Waals surface area (Å²) in [6.07, 6.45) is 5.76. The molecule has 1 heterocycles. The fourth-order valence-corrected chi connectivity index (χ4v) is 3.25. The van der Waals surface area contributed by atoms with Gasteiger partial charge in [-0.1, -0.05) is 25.8 Å². The molecule has 1 aromatic heterocycles. The van der Waals surface area contributed by atoms with Gasteiger partial charge in [0.1, 0.15) is 11.3 Å². The van der Waals surface area contributed by atoms with Crippen LogP contribution in [0.25, 0.3) is 0 Å². The first-order valence-electron chi connectivity index (χ1n) is 8.71. The number of nitro groups is 1. The number of nitro benzene ring substituents is 1. The number of amides is 1. The minimum Gasteiger partial charge on any atom is -0.438 e. The van der Waals surface area contributed by atoms with Crippen molar-refractivity contribution in [3.63, 3.8) is 0 Å². The quantitative estimate of drug-likeness (QED) is 0.644. The number of benzene rings is 1. The summed E-state index contributed by atoms with van der Waals surface area (Å²) >= 11 is 0. The predicted octanol–water partition coefficient (Wildman–Crippen LogP) is 4.09. The predicted molar refractivity (Wildman–Crippen MR) is 96.3 cm³/mol. The van der Waals surface area contributed by atoms with Crippen LogP contribution in [0.5, 0.6) is 11.6 Å². The molecule has 3 rings (SSSR count). The van der Waals surface area contributed by atoms with E-state index < -0.39 is 4.92 Å². The van der Waals surface area contributed by atoms with Gasteiger partial charge in [-0.2, -0.15) is 0 Å². The van der Waals surface area contributed by atoms with Gasteiger partial charge in [0.15, 0.2) is 0 Å². The first-order chi connectivity index (χ1) is 12.5. The average Bonchev–Trinajstić information content (AvgIpc) is 2.62. The fourth-order valence-electron chi connectivity index (χ4n) is 3.25. The zero-order valence-electron chi connectivity index (χ0n) is 14.6. The summed E-state index contributed by atoms with van der Waals surface area (Å²) in [5.74, 6) is 0.758. The van der Waals surface area contributed by atoms with Gasteiger partial charge in [-0.15, -0.1) is 0 Å². The first kappa shape index (κ1) is 17.8. The van der Waals surface area contributed by atoms with Crippen LogP contribution in [-0.2, 0) is 0 Å².